The first kappa shape index (κ1) is 6.47. The monoisotopic (exact) mass is 104 g/mol. The van der Waals surface area contributed by atoms with Crippen molar-refractivity contribution in [2.75, 3.05) is 0 Å². The lowest BCUT2D eigenvalue weighted by Crippen LogP contribution is -1.91. The molecule has 0 saturated heterocycles. The topological polar surface area (TPSA) is 37.3 Å². The van der Waals surface area contributed by atoms with Crippen molar-refractivity contribution in [2.45, 2.75) is 26.2 Å². The highest BCUT2D eigenvalue weighted by molar-refractivity contribution is 5.66. The third kappa shape index (κ3) is 5.47. The highest BCUT2D eigenvalue weighted by Crippen LogP contribution is 1.91. The SMILES string of the molecule is CCCC[14C](=O)O. The molecule has 0 aromatic heterocycles. The quantitative estimate of drug-likeness (QED) is 0.585. The van der Waals surface area contributed by atoms with Crippen molar-refractivity contribution < 1.29 is 9.90 Å². The van der Waals surface area contributed by atoms with E-state index in [0.717, 1.165) is 12.8 Å². The first-order chi connectivity index (χ1) is 3.27. The Morgan fingerprint density at radius 3 is 2.43 bits per heavy atom. The maximum atomic E-state index is 9.76. The average molecular weight is 104 g/mol. The molecule has 0 aromatic rings. The van der Waals surface area contributed by atoms with Gasteiger partial charge in [-0.15, -0.1) is 0 Å². The molecule has 0 rings (SSSR count). The fraction of sp³-hybridized carbons (Fsp3) is 0.800. The zero-order chi connectivity index (χ0) is 5.70. The van der Waals surface area contributed by atoms with Gasteiger partial charge < -0.3 is 5.11 Å². The number of rotatable bonds is 3. The summed E-state index contributed by atoms with van der Waals surface area (Å²) < 4.78 is 0. The van der Waals surface area contributed by atoms with Gasteiger partial charge in [0.25, 0.3) is 0 Å². The third-order valence-corrected chi connectivity index (χ3v) is 0.744. The van der Waals surface area contributed by atoms with E-state index in [9.17, 15) is 4.79 Å². The van der Waals surface area contributed by atoms with Crippen LogP contribution in [0.4, 0.5) is 0 Å². The van der Waals surface area contributed by atoms with Crippen molar-refractivity contribution in [3.8, 4) is 0 Å². The van der Waals surface area contributed by atoms with Crippen molar-refractivity contribution in [3.05, 3.63) is 0 Å². The number of aliphatic carboxylic acids is 1. The molecule has 42 valence electrons. The van der Waals surface area contributed by atoms with Crippen LogP contribution in [0.25, 0.3) is 0 Å². The maximum absolute atomic E-state index is 9.76. The number of carbonyl (C=O) groups is 1. The number of carboxylic acid groups (broad SMARTS) is 1. The van der Waals surface area contributed by atoms with Crippen molar-refractivity contribution >= 4 is 5.97 Å². The number of carboxylic acids is 1. The van der Waals surface area contributed by atoms with E-state index < -0.39 is 5.97 Å². The van der Waals surface area contributed by atoms with E-state index in [-0.39, 0.29) is 0 Å². The van der Waals surface area contributed by atoms with Crippen LogP contribution in [0, 0.1) is 0 Å². The summed E-state index contributed by atoms with van der Waals surface area (Å²) in [4.78, 5) is 9.76. The van der Waals surface area contributed by atoms with Crippen LogP contribution in [-0.4, -0.2) is 11.1 Å². The molecule has 0 atom stereocenters. The Morgan fingerprint density at radius 2 is 2.29 bits per heavy atom. The van der Waals surface area contributed by atoms with Crippen LogP contribution in [0.5, 0.6) is 0 Å². The average Bonchev–Trinajstić information content (AvgIpc) is 1.61. The van der Waals surface area contributed by atoms with Crippen LogP contribution < -0.4 is 0 Å². The summed E-state index contributed by atoms with van der Waals surface area (Å²) in [5.41, 5.74) is 0. The van der Waals surface area contributed by atoms with Crippen molar-refractivity contribution in [1.82, 2.24) is 0 Å². The molecule has 0 saturated carbocycles. The minimum absolute atomic E-state index is 0.316. The van der Waals surface area contributed by atoms with Gasteiger partial charge in [0.05, 0.1) is 0 Å². The lowest BCUT2D eigenvalue weighted by molar-refractivity contribution is -0.137. The van der Waals surface area contributed by atoms with Crippen molar-refractivity contribution in [2.24, 2.45) is 0 Å². The standard InChI is InChI=1S/C5H10O2/c1-2-3-4-5(6)7/h2-4H2,1H3,(H,6,7)/i5+2. The highest BCUT2D eigenvalue weighted by Gasteiger charge is 1.90. The van der Waals surface area contributed by atoms with Crippen LogP contribution in [0.3, 0.4) is 0 Å². The van der Waals surface area contributed by atoms with Gasteiger partial charge >= 0.3 is 5.97 Å². The minimum atomic E-state index is -0.693. The minimum Gasteiger partial charge on any atom is -0.481 e. The molecule has 0 aliphatic carbocycles. The first-order valence-corrected chi connectivity index (χ1v) is 2.49. The Bertz CT molecular complexity index is 59.1. The van der Waals surface area contributed by atoms with Gasteiger partial charge in [0.15, 0.2) is 0 Å². The summed E-state index contributed by atoms with van der Waals surface area (Å²) in [6.07, 6.45) is 2.08. The predicted octanol–water partition coefficient (Wildman–Crippen LogP) is 1.26. The lowest BCUT2D eigenvalue weighted by Gasteiger charge is -1.85. The summed E-state index contributed by atoms with van der Waals surface area (Å²) in [7, 11) is 0. The van der Waals surface area contributed by atoms with E-state index in [1.807, 2.05) is 6.92 Å². The second-order valence-electron chi connectivity index (χ2n) is 1.50. The van der Waals surface area contributed by atoms with Gasteiger partial charge in [-0.05, 0) is 6.42 Å². The molecule has 7 heavy (non-hydrogen) atoms. The van der Waals surface area contributed by atoms with Gasteiger partial charge in [-0.25, -0.2) is 0 Å². The van der Waals surface area contributed by atoms with Crippen LogP contribution in [0.15, 0.2) is 0 Å². The van der Waals surface area contributed by atoms with E-state index in [0.29, 0.717) is 6.42 Å². The molecular weight excluding hydrogens is 94.0 g/mol. The van der Waals surface area contributed by atoms with Gasteiger partial charge in [0.1, 0.15) is 0 Å². The molecule has 1 N–H and O–H groups in total. The van der Waals surface area contributed by atoms with E-state index in [4.69, 9.17) is 5.11 Å². The van der Waals surface area contributed by atoms with Crippen molar-refractivity contribution in [3.63, 3.8) is 0 Å². The van der Waals surface area contributed by atoms with Gasteiger partial charge in [0, 0.05) is 6.42 Å². The highest BCUT2D eigenvalue weighted by atomic mass is 16.6. The van der Waals surface area contributed by atoms with Gasteiger partial charge in [-0.1, -0.05) is 13.3 Å². The Morgan fingerprint density at radius 1 is 1.71 bits per heavy atom. The zero-order valence-corrected chi connectivity index (χ0v) is 4.48. The molecule has 0 aliphatic heterocycles. The third-order valence-electron chi connectivity index (χ3n) is 0.744. The molecule has 0 aromatic carbocycles. The van der Waals surface area contributed by atoms with E-state index in [1.54, 1.807) is 0 Å². The second kappa shape index (κ2) is 3.65. The summed E-state index contributed by atoms with van der Waals surface area (Å²) in [6, 6.07) is 0. The molecule has 0 fully saturated rings. The van der Waals surface area contributed by atoms with E-state index in [1.165, 1.54) is 0 Å². The van der Waals surface area contributed by atoms with Crippen LogP contribution >= 0.6 is 0 Å². The second-order valence-corrected chi connectivity index (χ2v) is 1.50. The van der Waals surface area contributed by atoms with Crippen LogP contribution in [0.2, 0.25) is 0 Å². The molecular formula is C5H10O2. The summed E-state index contributed by atoms with van der Waals surface area (Å²) in [5.74, 6) is -0.693. The Labute approximate surface area is 43.2 Å². The summed E-state index contributed by atoms with van der Waals surface area (Å²) in [6.45, 7) is 1.98. The Hall–Kier alpha value is -0.530. The summed E-state index contributed by atoms with van der Waals surface area (Å²) >= 11 is 0. The lowest BCUT2D eigenvalue weighted by atomic mass is 10.3. The smallest absolute Gasteiger partial charge is 0.303 e. The van der Waals surface area contributed by atoms with Gasteiger partial charge in [-0.2, -0.15) is 0 Å². The van der Waals surface area contributed by atoms with E-state index >= 15 is 0 Å². The molecule has 2 heteroatoms. The molecule has 0 radical (unpaired) electrons. The first-order valence-electron chi connectivity index (χ1n) is 2.49. The van der Waals surface area contributed by atoms with Gasteiger partial charge in [0.2, 0.25) is 0 Å². The Kier molecular flexibility index (Phi) is 3.38. The molecule has 0 aliphatic rings. The molecule has 0 unspecified atom stereocenters. The van der Waals surface area contributed by atoms with E-state index in [2.05, 4.69) is 0 Å². The molecule has 0 spiro atoms. The molecule has 0 bridgehead atoms. The van der Waals surface area contributed by atoms with Crippen LogP contribution in [-0.2, 0) is 4.79 Å². The molecule has 0 amide bonds. The fourth-order valence-corrected chi connectivity index (χ4v) is 0.328. The van der Waals surface area contributed by atoms with Crippen molar-refractivity contribution in [1.29, 1.82) is 0 Å². The predicted molar refractivity (Wildman–Crippen MR) is 27.2 cm³/mol. The fourth-order valence-electron chi connectivity index (χ4n) is 0.328. The summed E-state index contributed by atoms with van der Waals surface area (Å²) in [5, 5.41) is 8.04. The molecule has 0 heterocycles. The normalized spacial score (nSPS) is 8.71. The Balaban J connectivity index is 2.82. The number of hydrogen-bond acceptors (Lipinski definition) is 1. The largest absolute Gasteiger partial charge is 0.481 e. The number of hydrogen-bond donors (Lipinski definition) is 1. The zero-order valence-electron chi connectivity index (χ0n) is 4.48. The van der Waals surface area contributed by atoms with Crippen LogP contribution in [0.1, 0.15) is 26.2 Å². The number of unbranched alkanes of at least 4 members (excludes halogenated alkanes) is 1. The maximum Gasteiger partial charge on any atom is 0.303 e. The van der Waals surface area contributed by atoms with Gasteiger partial charge in [-0.3, -0.25) is 4.79 Å². The molecule has 2 nitrogen and oxygen atoms in total.